The molecule has 214 valence electrons. The minimum Gasteiger partial charge on any atom is -0.490 e. The molecule has 1 saturated heterocycles. The highest BCUT2D eigenvalue weighted by atomic mass is 32.1. The second-order valence-corrected chi connectivity index (χ2v) is 11.3. The van der Waals surface area contributed by atoms with Crippen molar-refractivity contribution in [3.8, 4) is 11.5 Å². The normalized spacial score (nSPS) is 15.6. The Hall–Kier alpha value is -3.53. The number of anilines is 2. The van der Waals surface area contributed by atoms with Gasteiger partial charge in [-0.15, -0.1) is 11.3 Å². The summed E-state index contributed by atoms with van der Waals surface area (Å²) in [5.74, 6) is 3.19. The fourth-order valence-electron chi connectivity index (χ4n) is 4.80. The van der Waals surface area contributed by atoms with Crippen LogP contribution in [0.4, 0.5) is 11.6 Å². The van der Waals surface area contributed by atoms with Gasteiger partial charge in [-0.1, -0.05) is 32.9 Å². The number of aromatic nitrogens is 3. The van der Waals surface area contributed by atoms with Crippen molar-refractivity contribution in [2.24, 2.45) is 0 Å². The second-order valence-electron chi connectivity index (χ2n) is 10.2. The Morgan fingerprint density at radius 3 is 2.67 bits per heavy atom. The number of methoxy groups -OCH3 is 1. The van der Waals surface area contributed by atoms with Crippen molar-refractivity contribution in [3.05, 3.63) is 51.7 Å². The number of benzene rings is 1. The van der Waals surface area contributed by atoms with Crippen molar-refractivity contribution in [2.45, 2.75) is 71.8 Å². The molecule has 0 spiro atoms. The maximum Gasteiger partial charge on any atom is 0.204 e. The molecule has 3 aromatic rings. The predicted octanol–water partition coefficient (Wildman–Crippen LogP) is 5.63. The van der Waals surface area contributed by atoms with Crippen LogP contribution in [-0.4, -0.2) is 59.4 Å². The smallest absolute Gasteiger partial charge is 0.204 e. The summed E-state index contributed by atoms with van der Waals surface area (Å²) in [4.78, 5) is 40.9. The van der Waals surface area contributed by atoms with Gasteiger partial charge in [0.05, 0.1) is 30.6 Å². The van der Waals surface area contributed by atoms with Gasteiger partial charge in [0, 0.05) is 32.4 Å². The lowest BCUT2D eigenvalue weighted by atomic mass is 9.95. The summed E-state index contributed by atoms with van der Waals surface area (Å²) in [5.41, 5.74) is 1.79. The molecule has 4 rings (SSSR count). The van der Waals surface area contributed by atoms with Gasteiger partial charge in [0.1, 0.15) is 29.0 Å². The van der Waals surface area contributed by atoms with Crippen LogP contribution in [0.2, 0.25) is 0 Å². The summed E-state index contributed by atoms with van der Waals surface area (Å²) >= 11 is 1.35. The van der Waals surface area contributed by atoms with Gasteiger partial charge in [-0.05, 0) is 37.0 Å². The van der Waals surface area contributed by atoms with E-state index in [1.165, 1.54) is 11.3 Å². The van der Waals surface area contributed by atoms with Gasteiger partial charge in [-0.3, -0.25) is 9.59 Å². The standard InChI is InChI=1S/C30H39N5O4S/c1-6-13-31-29-27(38-5)30(33-18-32-29)35-14-12-24(17-35)39-23-10-8-21(9-11-23)19(3)15-25(37)28-20(4)34-26(40-28)16-22(36)7-2/h8-11,18-19,24H,6-7,12-17H2,1-5H3,(H,31,32,33)/t19-,24-/m1/s1. The van der Waals surface area contributed by atoms with Crippen molar-refractivity contribution in [1.29, 1.82) is 0 Å². The van der Waals surface area contributed by atoms with E-state index in [-0.39, 0.29) is 23.6 Å². The van der Waals surface area contributed by atoms with Crippen LogP contribution >= 0.6 is 11.3 Å². The Bertz CT molecular complexity index is 1310. The van der Waals surface area contributed by atoms with E-state index in [0.29, 0.717) is 47.9 Å². The van der Waals surface area contributed by atoms with Gasteiger partial charge in [0.2, 0.25) is 5.75 Å². The van der Waals surface area contributed by atoms with E-state index in [2.05, 4.69) is 39.0 Å². The topological polar surface area (TPSA) is 107 Å². The zero-order chi connectivity index (χ0) is 28.6. The fraction of sp³-hybridized carbons (Fsp3) is 0.500. The summed E-state index contributed by atoms with van der Waals surface area (Å²) < 4.78 is 11.9. The van der Waals surface area contributed by atoms with Crippen LogP contribution in [0, 0.1) is 6.92 Å². The number of hydrogen-bond acceptors (Lipinski definition) is 10. The number of ketones is 2. The SMILES string of the molecule is CCCNc1ncnc(N2CC[C@@H](Oc3ccc([C@H](C)CC(=O)c4sc(CC(=O)CC)nc4C)cc3)C2)c1OC. The van der Waals surface area contributed by atoms with E-state index >= 15 is 0 Å². The first kappa shape index (κ1) is 29.5. The molecular formula is C30H39N5O4S. The lowest BCUT2D eigenvalue weighted by Gasteiger charge is -2.21. The van der Waals surface area contributed by atoms with Crippen LogP contribution in [-0.2, 0) is 11.2 Å². The first-order chi connectivity index (χ1) is 19.3. The summed E-state index contributed by atoms with van der Waals surface area (Å²) in [5, 5.41) is 4.03. The third-order valence-electron chi connectivity index (χ3n) is 7.06. The van der Waals surface area contributed by atoms with Crippen molar-refractivity contribution in [1.82, 2.24) is 15.0 Å². The molecule has 0 bridgehead atoms. The highest BCUT2D eigenvalue weighted by molar-refractivity contribution is 7.14. The van der Waals surface area contributed by atoms with E-state index in [4.69, 9.17) is 9.47 Å². The zero-order valence-corrected chi connectivity index (χ0v) is 24.8. The second kappa shape index (κ2) is 13.7. The Kier molecular flexibility index (Phi) is 10.1. The molecular weight excluding hydrogens is 526 g/mol. The molecule has 1 fully saturated rings. The Balaban J connectivity index is 1.33. The molecule has 0 amide bonds. The van der Waals surface area contributed by atoms with Crippen LogP contribution in [0.25, 0.3) is 0 Å². The molecule has 1 aliphatic heterocycles. The number of carbonyl (C=O) groups is 2. The fourth-order valence-corrected chi connectivity index (χ4v) is 5.84. The number of ether oxygens (including phenoxy) is 2. The first-order valence-corrected chi connectivity index (χ1v) is 14.8. The maximum absolute atomic E-state index is 13.0. The average molecular weight is 566 g/mol. The number of nitrogens with zero attached hydrogens (tertiary/aromatic N) is 4. The molecule has 2 aromatic heterocycles. The van der Waals surface area contributed by atoms with Crippen LogP contribution in [0.3, 0.4) is 0 Å². The Labute approximate surface area is 240 Å². The minimum atomic E-state index is 0.0275. The van der Waals surface area contributed by atoms with E-state index in [0.717, 1.165) is 48.1 Å². The maximum atomic E-state index is 13.0. The molecule has 1 N–H and O–H groups in total. The van der Waals surface area contributed by atoms with Crippen molar-refractivity contribution >= 4 is 34.5 Å². The predicted molar refractivity (Wildman–Crippen MR) is 158 cm³/mol. The molecule has 2 atom stereocenters. The van der Waals surface area contributed by atoms with Crippen molar-refractivity contribution < 1.29 is 19.1 Å². The van der Waals surface area contributed by atoms with Crippen molar-refractivity contribution in [2.75, 3.05) is 37.0 Å². The highest BCUT2D eigenvalue weighted by Crippen LogP contribution is 2.34. The summed E-state index contributed by atoms with van der Waals surface area (Å²) in [6.45, 7) is 10.2. The number of Topliss-reactive ketones (excluding diaryl/α,β-unsaturated/α-hetero) is 2. The van der Waals surface area contributed by atoms with Crippen LogP contribution < -0.4 is 19.7 Å². The Morgan fingerprint density at radius 1 is 1.20 bits per heavy atom. The minimum absolute atomic E-state index is 0.0275. The molecule has 40 heavy (non-hydrogen) atoms. The quantitative estimate of drug-likeness (QED) is 0.249. The number of thiazole rings is 1. The monoisotopic (exact) mass is 565 g/mol. The molecule has 0 aliphatic carbocycles. The molecule has 1 aromatic carbocycles. The van der Waals surface area contributed by atoms with Crippen molar-refractivity contribution in [3.63, 3.8) is 0 Å². The highest BCUT2D eigenvalue weighted by Gasteiger charge is 2.28. The summed E-state index contributed by atoms with van der Waals surface area (Å²) in [6.07, 6.45) is 4.62. The van der Waals surface area contributed by atoms with Crippen LogP contribution in [0.1, 0.15) is 78.3 Å². The lowest BCUT2D eigenvalue weighted by Crippen LogP contribution is -2.26. The number of hydrogen-bond donors (Lipinski definition) is 1. The first-order valence-electron chi connectivity index (χ1n) is 14.0. The Morgan fingerprint density at radius 2 is 1.98 bits per heavy atom. The number of nitrogens with one attached hydrogen (secondary N) is 1. The van der Waals surface area contributed by atoms with Gasteiger partial charge in [-0.25, -0.2) is 15.0 Å². The third-order valence-corrected chi connectivity index (χ3v) is 8.25. The number of rotatable bonds is 14. The van der Waals surface area contributed by atoms with E-state index in [1.54, 1.807) is 13.4 Å². The summed E-state index contributed by atoms with van der Waals surface area (Å²) in [6, 6.07) is 8.01. The molecule has 0 saturated carbocycles. The van der Waals surface area contributed by atoms with Gasteiger partial charge in [0.15, 0.2) is 17.4 Å². The van der Waals surface area contributed by atoms with Crippen LogP contribution in [0.5, 0.6) is 11.5 Å². The van der Waals surface area contributed by atoms with Crippen LogP contribution in [0.15, 0.2) is 30.6 Å². The van der Waals surface area contributed by atoms with Gasteiger partial charge in [-0.2, -0.15) is 0 Å². The zero-order valence-electron chi connectivity index (χ0n) is 24.0. The van der Waals surface area contributed by atoms with E-state index < -0.39 is 0 Å². The number of carbonyl (C=O) groups excluding carboxylic acids is 2. The average Bonchev–Trinajstić information content (AvgIpc) is 3.57. The molecule has 3 heterocycles. The summed E-state index contributed by atoms with van der Waals surface area (Å²) in [7, 11) is 1.64. The van der Waals surface area contributed by atoms with E-state index in [1.807, 2.05) is 38.1 Å². The molecule has 9 nitrogen and oxygen atoms in total. The van der Waals surface area contributed by atoms with Gasteiger partial charge < -0.3 is 19.7 Å². The van der Waals surface area contributed by atoms with Gasteiger partial charge >= 0.3 is 0 Å². The lowest BCUT2D eigenvalue weighted by molar-refractivity contribution is -0.118. The third kappa shape index (κ3) is 7.15. The molecule has 1 aliphatic rings. The molecule has 10 heteroatoms. The molecule has 0 radical (unpaired) electrons. The molecule has 0 unspecified atom stereocenters. The number of aryl methyl sites for hydroxylation is 1. The van der Waals surface area contributed by atoms with Gasteiger partial charge in [0.25, 0.3) is 0 Å². The van der Waals surface area contributed by atoms with E-state index in [9.17, 15) is 9.59 Å². The largest absolute Gasteiger partial charge is 0.490 e.